The van der Waals surface area contributed by atoms with Crippen LogP contribution >= 0.6 is 0 Å². The average molecular weight is 284 g/mol. The van der Waals surface area contributed by atoms with Gasteiger partial charge in [-0.3, -0.25) is 0 Å². The molecule has 0 saturated carbocycles. The normalized spacial score (nSPS) is 18.0. The summed E-state index contributed by atoms with van der Waals surface area (Å²) in [6.07, 6.45) is 2.94. The lowest BCUT2D eigenvalue weighted by atomic mass is 10.1. The molecule has 2 aromatic rings. The standard InChI is InChI=1S/C15H20N6/c1-11-8-14(20-15(16)19-11)21-7-5-12(10-21)9-18-13-4-2-3-6-17-13/h2-4,6,8,12H,5,7,9-10H2,1H3,(H,17,18)(H2,16,19,20)/t12-/m1/s1. The molecule has 0 radical (unpaired) electrons. The van der Waals surface area contributed by atoms with Gasteiger partial charge in [0.1, 0.15) is 11.6 Å². The Labute approximate surface area is 124 Å². The molecule has 1 atom stereocenters. The molecule has 0 unspecified atom stereocenters. The van der Waals surface area contributed by atoms with Gasteiger partial charge in [0.25, 0.3) is 0 Å². The van der Waals surface area contributed by atoms with E-state index < -0.39 is 0 Å². The number of aromatic nitrogens is 3. The van der Waals surface area contributed by atoms with Gasteiger partial charge in [0.05, 0.1) is 0 Å². The Morgan fingerprint density at radius 2 is 2.29 bits per heavy atom. The van der Waals surface area contributed by atoms with Gasteiger partial charge in [-0.25, -0.2) is 9.97 Å². The van der Waals surface area contributed by atoms with Crippen molar-refractivity contribution in [3.8, 4) is 0 Å². The summed E-state index contributed by atoms with van der Waals surface area (Å²) >= 11 is 0. The van der Waals surface area contributed by atoms with E-state index in [1.165, 1.54) is 0 Å². The number of nitrogen functional groups attached to an aromatic ring is 1. The number of pyridine rings is 1. The monoisotopic (exact) mass is 284 g/mol. The minimum Gasteiger partial charge on any atom is -0.370 e. The van der Waals surface area contributed by atoms with Gasteiger partial charge in [0, 0.05) is 37.6 Å². The van der Waals surface area contributed by atoms with E-state index in [2.05, 4.69) is 25.2 Å². The summed E-state index contributed by atoms with van der Waals surface area (Å²) in [4.78, 5) is 15.0. The maximum Gasteiger partial charge on any atom is 0.222 e. The lowest BCUT2D eigenvalue weighted by molar-refractivity contribution is 0.621. The van der Waals surface area contributed by atoms with Crippen molar-refractivity contribution in [2.75, 3.05) is 35.6 Å². The number of nitrogens with zero attached hydrogens (tertiary/aromatic N) is 4. The van der Waals surface area contributed by atoms with Crippen LogP contribution in [0.4, 0.5) is 17.6 Å². The van der Waals surface area contributed by atoms with Crippen molar-refractivity contribution in [2.45, 2.75) is 13.3 Å². The molecule has 6 nitrogen and oxygen atoms in total. The maximum atomic E-state index is 5.73. The van der Waals surface area contributed by atoms with Gasteiger partial charge >= 0.3 is 0 Å². The second-order valence-corrected chi connectivity index (χ2v) is 5.42. The molecule has 21 heavy (non-hydrogen) atoms. The van der Waals surface area contributed by atoms with Crippen molar-refractivity contribution >= 4 is 17.6 Å². The third-order valence-electron chi connectivity index (χ3n) is 3.70. The van der Waals surface area contributed by atoms with Crippen LogP contribution in [0.15, 0.2) is 30.5 Å². The lowest BCUT2D eigenvalue weighted by Gasteiger charge is -2.18. The Morgan fingerprint density at radius 1 is 1.38 bits per heavy atom. The van der Waals surface area contributed by atoms with E-state index in [1.807, 2.05) is 31.2 Å². The molecule has 0 amide bonds. The molecule has 0 spiro atoms. The summed E-state index contributed by atoms with van der Waals surface area (Å²) in [5, 5.41) is 3.39. The molecule has 3 rings (SSSR count). The molecule has 3 heterocycles. The van der Waals surface area contributed by atoms with Crippen molar-refractivity contribution in [3.05, 3.63) is 36.2 Å². The fourth-order valence-corrected chi connectivity index (χ4v) is 2.66. The summed E-state index contributed by atoms with van der Waals surface area (Å²) < 4.78 is 0. The van der Waals surface area contributed by atoms with Gasteiger partial charge in [-0.1, -0.05) is 6.07 Å². The Hall–Kier alpha value is -2.37. The van der Waals surface area contributed by atoms with Crippen LogP contribution in [0.25, 0.3) is 0 Å². The predicted molar refractivity (Wildman–Crippen MR) is 84.2 cm³/mol. The molecule has 2 aromatic heterocycles. The molecule has 0 aliphatic carbocycles. The summed E-state index contributed by atoms with van der Waals surface area (Å²) in [7, 11) is 0. The van der Waals surface area contributed by atoms with Gasteiger partial charge in [-0.05, 0) is 31.4 Å². The van der Waals surface area contributed by atoms with E-state index in [1.54, 1.807) is 6.20 Å². The maximum absolute atomic E-state index is 5.73. The number of hydrogen-bond acceptors (Lipinski definition) is 6. The Morgan fingerprint density at radius 3 is 3.05 bits per heavy atom. The number of nitrogens with one attached hydrogen (secondary N) is 1. The first-order chi connectivity index (χ1) is 10.2. The minimum atomic E-state index is 0.347. The fraction of sp³-hybridized carbons (Fsp3) is 0.400. The third-order valence-corrected chi connectivity index (χ3v) is 3.70. The van der Waals surface area contributed by atoms with Crippen molar-refractivity contribution in [2.24, 2.45) is 5.92 Å². The number of aryl methyl sites for hydroxylation is 1. The van der Waals surface area contributed by atoms with E-state index in [0.29, 0.717) is 11.9 Å². The zero-order valence-corrected chi connectivity index (χ0v) is 12.2. The minimum absolute atomic E-state index is 0.347. The van der Waals surface area contributed by atoms with Gasteiger partial charge < -0.3 is 16.0 Å². The zero-order chi connectivity index (χ0) is 14.7. The first-order valence-electron chi connectivity index (χ1n) is 7.22. The van der Waals surface area contributed by atoms with Gasteiger partial charge in [0.2, 0.25) is 5.95 Å². The predicted octanol–water partition coefficient (Wildman–Crippen LogP) is 1.70. The number of rotatable bonds is 4. The molecular weight excluding hydrogens is 264 g/mol. The largest absolute Gasteiger partial charge is 0.370 e. The van der Waals surface area contributed by atoms with Crippen LogP contribution in [-0.2, 0) is 0 Å². The summed E-state index contributed by atoms with van der Waals surface area (Å²) in [6, 6.07) is 7.89. The molecule has 1 saturated heterocycles. The van der Waals surface area contributed by atoms with Crippen LogP contribution in [0, 0.1) is 12.8 Å². The molecule has 3 N–H and O–H groups in total. The van der Waals surface area contributed by atoms with Gasteiger partial charge in [0.15, 0.2) is 0 Å². The lowest BCUT2D eigenvalue weighted by Crippen LogP contribution is -2.24. The topological polar surface area (TPSA) is 80.0 Å². The fourth-order valence-electron chi connectivity index (χ4n) is 2.66. The van der Waals surface area contributed by atoms with E-state index in [9.17, 15) is 0 Å². The van der Waals surface area contributed by atoms with Crippen LogP contribution < -0.4 is 16.0 Å². The Kier molecular flexibility index (Phi) is 3.85. The Bertz CT molecular complexity index is 580. The summed E-state index contributed by atoms with van der Waals surface area (Å²) in [5.41, 5.74) is 6.64. The van der Waals surface area contributed by atoms with Gasteiger partial charge in [-0.15, -0.1) is 0 Å². The van der Waals surface area contributed by atoms with Crippen molar-refractivity contribution in [1.82, 2.24) is 15.0 Å². The Balaban J connectivity index is 1.58. The molecule has 1 fully saturated rings. The van der Waals surface area contributed by atoms with E-state index in [0.717, 1.165) is 43.4 Å². The highest BCUT2D eigenvalue weighted by atomic mass is 15.2. The average Bonchev–Trinajstić information content (AvgIpc) is 2.94. The highest BCUT2D eigenvalue weighted by Gasteiger charge is 2.23. The van der Waals surface area contributed by atoms with Crippen LogP contribution in [0.1, 0.15) is 12.1 Å². The molecule has 110 valence electrons. The molecule has 1 aliphatic heterocycles. The second kappa shape index (κ2) is 5.95. The highest BCUT2D eigenvalue weighted by Crippen LogP contribution is 2.23. The zero-order valence-electron chi connectivity index (χ0n) is 12.2. The highest BCUT2D eigenvalue weighted by molar-refractivity contribution is 5.44. The molecule has 1 aliphatic rings. The number of hydrogen-bond donors (Lipinski definition) is 2. The SMILES string of the molecule is Cc1cc(N2CC[C@H](CNc3ccccn3)C2)nc(N)n1. The summed E-state index contributed by atoms with van der Waals surface area (Å²) in [5.74, 6) is 2.79. The quantitative estimate of drug-likeness (QED) is 0.889. The van der Waals surface area contributed by atoms with Crippen molar-refractivity contribution in [3.63, 3.8) is 0 Å². The first-order valence-corrected chi connectivity index (χ1v) is 7.22. The first kappa shape index (κ1) is 13.6. The number of nitrogens with two attached hydrogens (primary N) is 1. The van der Waals surface area contributed by atoms with Crippen molar-refractivity contribution in [1.29, 1.82) is 0 Å². The second-order valence-electron chi connectivity index (χ2n) is 5.42. The number of anilines is 3. The van der Waals surface area contributed by atoms with E-state index in [4.69, 9.17) is 5.73 Å². The van der Waals surface area contributed by atoms with Crippen LogP contribution in [0.3, 0.4) is 0 Å². The van der Waals surface area contributed by atoms with Crippen LogP contribution in [-0.4, -0.2) is 34.6 Å². The molecular formula is C15H20N6. The molecule has 0 aromatic carbocycles. The summed E-state index contributed by atoms with van der Waals surface area (Å²) in [6.45, 7) is 4.85. The van der Waals surface area contributed by atoms with E-state index in [-0.39, 0.29) is 0 Å². The third kappa shape index (κ3) is 3.39. The smallest absolute Gasteiger partial charge is 0.222 e. The van der Waals surface area contributed by atoms with E-state index >= 15 is 0 Å². The van der Waals surface area contributed by atoms with Crippen LogP contribution in [0.2, 0.25) is 0 Å². The molecule has 6 heteroatoms. The molecule has 0 bridgehead atoms. The van der Waals surface area contributed by atoms with Gasteiger partial charge in [-0.2, -0.15) is 4.98 Å². The van der Waals surface area contributed by atoms with Crippen molar-refractivity contribution < 1.29 is 0 Å². The van der Waals surface area contributed by atoms with Crippen LogP contribution in [0.5, 0.6) is 0 Å².